The Morgan fingerprint density at radius 3 is 1.98 bits per heavy atom. The maximum atomic E-state index is 14.1. The molecule has 0 aromatic heterocycles. The number of benzene rings is 3. The van der Waals surface area contributed by atoms with E-state index in [4.69, 9.17) is 11.6 Å². The van der Waals surface area contributed by atoms with Gasteiger partial charge in [0.25, 0.3) is 10.0 Å². The molecule has 2 amide bonds. The van der Waals surface area contributed by atoms with E-state index in [9.17, 15) is 18.0 Å². The van der Waals surface area contributed by atoms with E-state index >= 15 is 0 Å². The molecule has 0 saturated heterocycles. The molecule has 214 valence electrons. The van der Waals surface area contributed by atoms with Crippen molar-refractivity contribution in [2.75, 3.05) is 10.8 Å². The van der Waals surface area contributed by atoms with Gasteiger partial charge in [-0.15, -0.1) is 0 Å². The van der Waals surface area contributed by atoms with Crippen LogP contribution in [0, 0.1) is 13.8 Å². The van der Waals surface area contributed by atoms with Crippen LogP contribution in [0.2, 0.25) is 5.02 Å². The summed E-state index contributed by atoms with van der Waals surface area (Å²) in [6.07, 6.45) is 0.327. The molecule has 0 bridgehead atoms. The van der Waals surface area contributed by atoms with Gasteiger partial charge in [0, 0.05) is 17.1 Å². The fourth-order valence-corrected chi connectivity index (χ4v) is 5.87. The number of anilines is 1. The SMILES string of the molecule is CC[C@H](C(=O)NC(C)(C)C)N(Cc1ccccc1Cl)C(=O)CN(c1ccc(C)cc1)S(=O)(=O)c1ccc(C)cc1. The number of carbonyl (C=O) groups is 2. The predicted molar refractivity (Wildman–Crippen MR) is 161 cm³/mol. The lowest BCUT2D eigenvalue weighted by atomic mass is 10.1. The van der Waals surface area contributed by atoms with Gasteiger partial charge in [0.15, 0.2) is 0 Å². The summed E-state index contributed by atoms with van der Waals surface area (Å²) in [5.41, 5.74) is 2.35. The van der Waals surface area contributed by atoms with Crippen LogP contribution in [0.4, 0.5) is 5.69 Å². The normalized spacial score (nSPS) is 12.5. The van der Waals surface area contributed by atoms with E-state index < -0.39 is 34.1 Å². The summed E-state index contributed by atoms with van der Waals surface area (Å²) in [5.74, 6) is -0.842. The molecule has 3 aromatic rings. The molecule has 0 aliphatic rings. The Labute approximate surface area is 243 Å². The van der Waals surface area contributed by atoms with Crippen LogP contribution in [-0.2, 0) is 26.2 Å². The molecule has 9 heteroatoms. The van der Waals surface area contributed by atoms with Crippen molar-refractivity contribution in [3.8, 4) is 0 Å². The van der Waals surface area contributed by atoms with E-state index in [2.05, 4.69) is 5.32 Å². The first-order valence-corrected chi connectivity index (χ1v) is 15.1. The fourth-order valence-electron chi connectivity index (χ4n) is 4.26. The molecule has 1 N–H and O–H groups in total. The highest BCUT2D eigenvalue weighted by molar-refractivity contribution is 7.92. The summed E-state index contributed by atoms with van der Waals surface area (Å²) >= 11 is 6.44. The number of hydrogen-bond donors (Lipinski definition) is 1. The minimum absolute atomic E-state index is 0.0426. The van der Waals surface area contributed by atoms with Crippen molar-refractivity contribution in [1.82, 2.24) is 10.2 Å². The summed E-state index contributed by atoms with van der Waals surface area (Å²) < 4.78 is 28.9. The zero-order valence-corrected chi connectivity index (χ0v) is 25.5. The van der Waals surface area contributed by atoms with Gasteiger partial charge in [-0.1, -0.05) is 72.1 Å². The van der Waals surface area contributed by atoms with E-state index in [1.807, 2.05) is 41.5 Å². The molecule has 7 nitrogen and oxygen atoms in total. The van der Waals surface area contributed by atoms with Crippen molar-refractivity contribution in [3.05, 3.63) is 94.5 Å². The van der Waals surface area contributed by atoms with E-state index in [-0.39, 0.29) is 17.3 Å². The Morgan fingerprint density at radius 2 is 1.45 bits per heavy atom. The molecule has 0 radical (unpaired) electrons. The lowest BCUT2D eigenvalue weighted by molar-refractivity contribution is -0.141. The van der Waals surface area contributed by atoms with E-state index in [1.54, 1.807) is 60.7 Å². The van der Waals surface area contributed by atoms with Crippen LogP contribution in [0.1, 0.15) is 50.8 Å². The second-order valence-electron chi connectivity index (χ2n) is 10.9. The number of aryl methyl sites for hydroxylation is 2. The first-order chi connectivity index (χ1) is 18.7. The first kappa shape index (κ1) is 31.2. The summed E-state index contributed by atoms with van der Waals surface area (Å²) in [6, 6.07) is 19.7. The van der Waals surface area contributed by atoms with Crippen LogP contribution in [0.15, 0.2) is 77.7 Å². The van der Waals surface area contributed by atoms with E-state index in [0.717, 1.165) is 15.4 Å². The van der Waals surface area contributed by atoms with Gasteiger partial charge in [-0.3, -0.25) is 13.9 Å². The van der Waals surface area contributed by atoms with Crippen LogP contribution in [0.25, 0.3) is 0 Å². The van der Waals surface area contributed by atoms with Gasteiger partial charge in [0.05, 0.1) is 10.6 Å². The molecule has 0 fully saturated rings. The molecule has 0 spiro atoms. The minimum atomic E-state index is -4.12. The second kappa shape index (κ2) is 12.9. The van der Waals surface area contributed by atoms with Gasteiger partial charge in [-0.2, -0.15) is 0 Å². The number of nitrogens with one attached hydrogen (secondary N) is 1. The fraction of sp³-hybridized carbons (Fsp3) is 0.355. The van der Waals surface area contributed by atoms with Gasteiger partial charge in [0.1, 0.15) is 12.6 Å². The summed E-state index contributed by atoms with van der Waals surface area (Å²) in [7, 11) is -4.12. The topological polar surface area (TPSA) is 86.8 Å². The van der Waals surface area contributed by atoms with Crippen molar-refractivity contribution >= 4 is 39.1 Å². The smallest absolute Gasteiger partial charge is 0.264 e. The van der Waals surface area contributed by atoms with Gasteiger partial charge < -0.3 is 10.2 Å². The lowest BCUT2D eigenvalue weighted by Gasteiger charge is -2.35. The zero-order chi connectivity index (χ0) is 29.7. The third-order valence-electron chi connectivity index (χ3n) is 6.39. The molecule has 3 aromatic carbocycles. The third kappa shape index (κ3) is 7.86. The van der Waals surface area contributed by atoms with Gasteiger partial charge in [-0.25, -0.2) is 8.42 Å². The molecule has 0 saturated carbocycles. The Morgan fingerprint density at radius 1 is 0.900 bits per heavy atom. The van der Waals surface area contributed by atoms with Crippen molar-refractivity contribution < 1.29 is 18.0 Å². The van der Waals surface area contributed by atoms with Gasteiger partial charge in [-0.05, 0) is 76.9 Å². The number of sulfonamides is 1. The average Bonchev–Trinajstić information content (AvgIpc) is 2.88. The van der Waals surface area contributed by atoms with Crippen molar-refractivity contribution in [2.24, 2.45) is 0 Å². The van der Waals surface area contributed by atoms with Crippen molar-refractivity contribution in [3.63, 3.8) is 0 Å². The maximum Gasteiger partial charge on any atom is 0.264 e. The Hall–Kier alpha value is -3.36. The van der Waals surface area contributed by atoms with Crippen LogP contribution < -0.4 is 9.62 Å². The quantitative estimate of drug-likeness (QED) is 0.323. The Bertz CT molecular complexity index is 1430. The maximum absolute atomic E-state index is 14.1. The molecule has 0 heterocycles. The minimum Gasteiger partial charge on any atom is -0.350 e. The Kier molecular flexibility index (Phi) is 10.0. The summed E-state index contributed by atoms with van der Waals surface area (Å²) in [4.78, 5) is 29.0. The number of rotatable bonds is 10. The monoisotopic (exact) mass is 583 g/mol. The highest BCUT2D eigenvalue weighted by Gasteiger charge is 2.34. The average molecular weight is 584 g/mol. The molecule has 3 rings (SSSR count). The first-order valence-electron chi connectivity index (χ1n) is 13.2. The molecule has 0 unspecified atom stereocenters. The zero-order valence-electron chi connectivity index (χ0n) is 23.9. The van der Waals surface area contributed by atoms with Crippen molar-refractivity contribution in [1.29, 1.82) is 0 Å². The highest BCUT2D eigenvalue weighted by Crippen LogP contribution is 2.26. The standard InChI is InChI=1S/C31H38ClN3O4S/c1-7-28(30(37)33-31(4,5)6)34(20-24-10-8-9-11-27(24)32)29(36)21-35(25-16-12-22(2)13-17-25)40(38,39)26-18-14-23(3)15-19-26/h8-19,28H,7,20-21H2,1-6H3,(H,33,37)/t28-/m1/s1. The van der Waals surface area contributed by atoms with Crippen molar-refractivity contribution in [2.45, 2.75) is 71.0 Å². The number of amides is 2. The third-order valence-corrected chi connectivity index (χ3v) is 8.55. The Balaban J connectivity index is 2.08. The lowest BCUT2D eigenvalue weighted by Crippen LogP contribution is -2.55. The summed E-state index contributed by atoms with van der Waals surface area (Å²) in [5, 5.41) is 3.41. The number of carbonyl (C=O) groups excluding carboxylic acids is 2. The van der Waals surface area contributed by atoms with Crippen LogP contribution in [0.3, 0.4) is 0 Å². The van der Waals surface area contributed by atoms with Gasteiger partial charge in [0.2, 0.25) is 11.8 Å². The number of nitrogens with zero attached hydrogens (tertiary/aromatic N) is 2. The van der Waals surface area contributed by atoms with E-state index in [0.29, 0.717) is 22.7 Å². The molecule has 0 aliphatic carbocycles. The number of hydrogen-bond acceptors (Lipinski definition) is 4. The number of halogens is 1. The molecule has 0 aliphatic heterocycles. The predicted octanol–water partition coefficient (Wildman–Crippen LogP) is 5.87. The molecule has 1 atom stereocenters. The van der Waals surface area contributed by atoms with Crippen LogP contribution in [-0.4, -0.2) is 43.3 Å². The largest absolute Gasteiger partial charge is 0.350 e. The van der Waals surface area contributed by atoms with Gasteiger partial charge >= 0.3 is 0 Å². The summed E-state index contributed by atoms with van der Waals surface area (Å²) in [6.45, 7) is 10.7. The highest BCUT2D eigenvalue weighted by atomic mass is 35.5. The molecular weight excluding hydrogens is 546 g/mol. The molecule has 40 heavy (non-hydrogen) atoms. The molecular formula is C31H38ClN3O4S. The second-order valence-corrected chi connectivity index (χ2v) is 13.2. The van der Waals surface area contributed by atoms with E-state index in [1.165, 1.54) is 17.0 Å². The van der Waals surface area contributed by atoms with Crippen LogP contribution >= 0.6 is 11.6 Å². The van der Waals surface area contributed by atoms with Crippen LogP contribution in [0.5, 0.6) is 0 Å².